The Bertz CT molecular complexity index is 976. The zero-order chi connectivity index (χ0) is 19.0. The van der Waals surface area contributed by atoms with Gasteiger partial charge in [0, 0.05) is 12.1 Å². The van der Waals surface area contributed by atoms with E-state index >= 15 is 0 Å². The molecule has 2 aliphatic heterocycles. The Hall–Kier alpha value is -2.64. The SMILES string of the molecule is CC(=O)C(=C1SC(=S)NC1=O)c1ccc2c(c1)NCCO2.c1cc2ccc1-2. The lowest BCUT2D eigenvalue weighted by Gasteiger charge is -2.20. The van der Waals surface area contributed by atoms with Gasteiger partial charge in [-0.15, -0.1) is 0 Å². The molecule has 5 rings (SSSR count). The molecule has 2 N–H and O–H groups in total. The average molecular weight is 396 g/mol. The lowest BCUT2D eigenvalue weighted by molar-refractivity contribution is -0.116. The van der Waals surface area contributed by atoms with Crippen molar-refractivity contribution in [2.45, 2.75) is 6.92 Å². The van der Waals surface area contributed by atoms with E-state index < -0.39 is 0 Å². The minimum atomic E-state index is -0.322. The van der Waals surface area contributed by atoms with Gasteiger partial charge in [0.1, 0.15) is 16.7 Å². The van der Waals surface area contributed by atoms with Crippen molar-refractivity contribution in [1.29, 1.82) is 0 Å². The zero-order valence-electron chi connectivity index (χ0n) is 14.5. The molecule has 0 bridgehead atoms. The predicted octanol–water partition coefficient (Wildman–Crippen LogP) is 3.61. The number of nitrogens with one attached hydrogen (secondary N) is 2. The van der Waals surface area contributed by atoms with Crippen LogP contribution in [0.25, 0.3) is 16.7 Å². The molecule has 1 fully saturated rings. The number of ketones is 1. The topological polar surface area (TPSA) is 67.4 Å². The minimum absolute atomic E-state index is 0.172. The van der Waals surface area contributed by atoms with Crippen LogP contribution in [0.4, 0.5) is 5.69 Å². The molecule has 0 unspecified atom stereocenters. The second-order valence-electron chi connectivity index (χ2n) is 6.17. The number of thioether (sulfide) groups is 1. The van der Waals surface area contributed by atoms with Crippen LogP contribution in [0.15, 0.2) is 47.4 Å². The van der Waals surface area contributed by atoms with E-state index in [0.717, 1.165) is 23.2 Å². The van der Waals surface area contributed by atoms with Crippen molar-refractivity contribution in [1.82, 2.24) is 5.32 Å². The summed E-state index contributed by atoms with van der Waals surface area (Å²) in [6, 6.07) is 13.9. The van der Waals surface area contributed by atoms with E-state index in [9.17, 15) is 9.59 Å². The smallest absolute Gasteiger partial charge is 0.264 e. The van der Waals surface area contributed by atoms with Gasteiger partial charge in [-0.25, -0.2) is 0 Å². The molecule has 0 aromatic heterocycles. The second kappa shape index (κ2) is 7.17. The maximum Gasteiger partial charge on any atom is 0.264 e. The van der Waals surface area contributed by atoms with E-state index in [1.165, 1.54) is 18.1 Å². The fourth-order valence-corrected chi connectivity index (χ4v) is 4.11. The molecule has 5 nitrogen and oxygen atoms in total. The number of thiocarbonyl (C=S) groups is 1. The molecule has 0 radical (unpaired) electrons. The molecule has 136 valence electrons. The Kier molecular flexibility index (Phi) is 4.72. The van der Waals surface area contributed by atoms with Crippen molar-refractivity contribution < 1.29 is 14.3 Å². The van der Waals surface area contributed by atoms with Crippen molar-refractivity contribution in [2.24, 2.45) is 0 Å². The fraction of sp³-hybridized carbons (Fsp3) is 0.150. The molecule has 1 aromatic carbocycles. The molecule has 1 aromatic rings. The molecule has 7 heteroatoms. The van der Waals surface area contributed by atoms with Crippen molar-refractivity contribution >= 4 is 51.3 Å². The third kappa shape index (κ3) is 3.48. The second-order valence-corrected chi connectivity index (χ2v) is 7.85. The third-order valence-electron chi connectivity index (χ3n) is 4.36. The van der Waals surface area contributed by atoms with Crippen molar-refractivity contribution in [3.8, 4) is 16.9 Å². The first kappa shape index (κ1) is 17.8. The number of rotatable bonds is 2. The van der Waals surface area contributed by atoms with Gasteiger partial charge in [-0.2, -0.15) is 0 Å². The summed E-state index contributed by atoms with van der Waals surface area (Å²) in [5.41, 5.74) is 4.74. The number of anilines is 1. The van der Waals surface area contributed by atoms with Gasteiger partial charge in [-0.05, 0) is 35.7 Å². The first-order valence-corrected chi connectivity index (χ1v) is 9.65. The van der Waals surface area contributed by atoms with Gasteiger partial charge >= 0.3 is 0 Å². The normalized spacial score (nSPS) is 17.5. The fourth-order valence-electron chi connectivity index (χ4n) is 2.93. The Morgan fingerprint density at radius 3 is 2.37 bits per heavy atom. The van der Waals surface area contributed by atoms with E-state index in [1.54, 1.807) is 12.1 Å². The molecule has 0 atom stereocenters. The highest BCUT2D eigenvalue weighted by Crippen LogP contribution is 2.36. The Balaban J connectivity index is 0.000000250. The van der Waals surface area contributed by atoms with Gasteiger partial charge in [0.15, 0.2) is 5.78 Å². The Morgan fingerprint density at radius 2 is 1.85 bits per heavy atom. The largest absolute Gasteiger partial charge is 0.490 e. The van der Waals surface area contributed by atoms with E-state index in [0.29, 0.717) is 33.5 Å². The maximum atomic E-state index is 12.0. The van der Waals surface area contributed by atoms with Gasteiger partial charge in [-0.3, -0.25) is 9.59 Å². The lowest BCUT2D eigenvalue weighted by atomic mass is 9.95. The van der Waals surface area contributed by atoms with Crippen LogP contribution in [0, 0.1) is 0 Å². The molecule has 4 aliphatic rings. The van der Waals surface area contributed by atoms with Crippen LogP contribution in [0.3, 0.4) is 0 Å². The average Bonchev–Trinajstić information content (AvgIpc) is 2.96. The van der Waals surface area contributed by atoms with Crippen LogP contribution in [0.2, 0.25) is 0 Å². The number of fused-ring (bicyclic) bond motifs is 2. The molecular weight excluding hydrogens is 380 g/mol. The molecule has 2 heterocycles. The highest BCUT2D eigenvalue weighted by atomic mass is 32.2. The molecule has 0 spiro atoms. The molecule has 1 amide bonds. The molecule has 1 saturated heterocycles. The van der Waals surface area contributed by atoms with Crippen molar-refractivity contribution in [3.05, 3.63) is 52.9 Å². The predicted molar refractivity (Wildman–Crippen MR) is 112 cm³/mol. The van der Waals surface area contributed by atoms with Crippen LogP contribution in [-0.2, 0) is 9.59 Å². The van der Waals surface area contributed by atoms with E-state index in [-0.39, 0.29) is 11.7 Å². The summed E-state index contributed by atoms with van der Waals surface area (Å²) >= 11 is 6.10. The zero-order valence-corrected chi connectivity index (χ0v) is 16.1. The van der Waals surface area contributed by atoms with Crippen molar-refractivity contribution in [3.63, 3.8) is 0 Å². The van der Waals surface area contributed by atoms with Crippen molar-refractivity contribution in [2.75, 3.05) is 18.5 Å². The number of hydrogen-bond donors (Lipinski definition) is 2. The van der Waals surface area contributed by atoms with Crippen LogP contribution >= 0.6 is 24.0 Å². The number of Topliss-reactive ketones (excluding diaryl/α,β-unsaturated/α-hetero) is 1. The van der Waals surface area contributed by atoms with E-state index in [2.05, 4.69) is 34.9 Å². The van der Waals surface area contributed by atoms with Crippen LogP contribution in [0.1, 0.15) is 12.5 Å². The summed E-state index contributed by atoms with van der Waals surface area (Å²) in [5, 5.41) is 5.75. The highest BCUT2D eigenvalue weighted by molar-refractivity contribution is 8.27. The van der Waals surface area contributed by atoms with Gasteiger partial charge in [0.25, 0.3) is 5.91 Å². The van der Waals surface area contributed by atoms with Crippen LogP contribution < -0.4 is 15.4 Å². The molecule has 0 saturated carbocycles. The molecule has 27 heavy (non-hydrogen) atoms. The highest BCUT2D eigenvalue weighted by Gasteiger charge is 2.29. The number of benzene rings is 2. The van der Waals surface area contributed by atoms with Gasteiger partial charge in [-0.1, -0.05) is 54.3 Å². The maximum absolute atomic E-state index is 12.0. The number of amides is 1. The van der Waals surface area contributed by atoms with Gasteiger partial charge in [0.05, 0.1) is 10.6 Å². The number of hydrogen-bond acceptors (Lipinski definition) is 6. The summed E-state index contributed by atoms with van der Waals surface area (Å²) in [4.78, 5) is 24.3. The Labute approximate surface area is 166 Å². The quantitative estimate of drug-likeness (QED) is 0.510. The van der Waals surface area contributed by atoms with E-state index in [1.807, 2.05) is 6.07 Å². The van der Waals surface area contributed by atoms with Gasteiger partial charge < -0.3 is 15.4 Å². The summed E-state index contributed by atoms with van der Waals surface area (Å²) < 4.78 is 5.88. The number of carbonyl (C=O) groups excluding carboxylic acids is 2. The molecule has 2 aliphatic carbocycles. The van der Waals surface area contributed by atoms with Gasteiger partial charge in [0.2, 0.25) is 0 Å². The first-order chi connectivity index (χ1) is 13.0. The summed E-state index contributed by atoms with van der Waals surface area (Å²) in [7, 11) is 0. The van der Waals surface area contributed by atoms with Crippen LogP contribution in [0.5, 0.6) is 5.75 Å². The standard InChI is InChI=1S/C14H12N2O3S2.C6H4/c1-7(17)11(12-13(18)16-14(20)21-12)8-2-3-10-9(6-8)15-4-5-19-10;1-2-6-4-3-5(1)6/h2-3,6,15H,4-5H2,1H3,(H,16,18,20);1-4H. The minimum Gasteiger partial charge on any atom is -0.490 e. The monoisotopic (exact) mass is 396 g/mol. The number of allylic oxidation sites excluding steroid dienone is 1. The number of ether oxygens (including phenoxy) is 1. The lowest BCUT2D eigenvalue weighted by Crippen LogP contribution is -2.19. The summed E-state index contributed by atoms with van der Waals surface area (Å²) in [6.45, 7) is 2.77. The van der Waals surface area contributed by atoms with Crippen LogP contribution in [-0.4, -0.2) is 29.2 Å². The van der Waals surface area contributed by atoms with E-state index in [4.69, 9.17) is 17.0 Å². The number of carbonyl (C=O) groups is 2. The third-order valence-corrected chi connectivity index (χ3v) is 5.59. The molecular formula is C20H16N2O3S2. The first-order valence-electron chi connectivity index (χ1n) is 8.43. The summed E-state index contributed by atoms with van der Waals surface area (Å²) in [6.07, 6.45) is 0. The summed E-state index contributed by atoms with van der Waals surface area (Å²) in [5.74, 6) is 0.253. The Morgan fingerprint density at radius 1 is 1.15 bits per heavy atom.